The second kappa shape index (κ2) is 9.41. The number of nitrogens with zero attached hydrogens (tertiary/aromatic N) is 4. The minimum atomic E-state index is -0.622. The zero-order valence-electron chi connectivity index (χ0n) is 20.4. The highest BCUT2D eigenvalue weighted by Crippen LogP contribution is 2.33. The van der Waals surface area contributed by atoms with Crippen LogP contribution in [0.1, 0.15) is 34.8 Å². The Morgan fingerprint density at radius 3 is 2.65 bits per heavy atom. The van der Waals surface area contributed by atoms with E-state index in [4.69, 9.17) is 4.74 Å². The number of carbonyl (C=O) groups excluding carboxylic acids is 1. The van der Waals surface area contributed by atoms with Crippen molar-refractivity contribution >= 4 is 40.4 Å². The van der Waals surface area contributed by atoms with Crippen molar-refractivity contribution in [1.29, 1.82) is 0 Å². The number of thiazole rings is 1. The molecule has 0 fully saturated rings. The Kier molecular flexibility index (Phi) is 6.26. The first-order valence-corrected chi connectivity index (χ1v) is 13.0. The smallest absolute Gasteiger partial charge is 0.338 e. The lowest BCUT2D eigenvalue weighted by atomic mass is 10.0. The summed E-state index contributed by atoms with van der Waals surface area (Å²) in [5.41, 5.74) is 3.80. The van der Waals surface area contributed by atoms with Crippen LogP contribution < -0.4 is 14.9 Å². The van der Waals surface area contributed by atoms with Gasteiger partial charge in [0, 0.05) is 28.4 Å². The van der Waals surface area contributed by atoms with E-state index in [1.807, 2.05) is 54.1 Å². The van der Waals surface area contributed by atoms with Crippen LogP contribution in [0.3, 0.4) is 0 Å². The molecule has 4 aromatic rings. The molecule has 3 aromatic heterocycles. The summed E-state index contributed by atoms with van der Waals surface area (Å²) in [6, 6.07) is 11.5. The van der Waals surface area contributed by atoms with Crippen LogP contribution in [0.5, 0.6) is 0 Å². The Morgan fingerprint density at radius 1 is 1.19 bits per heavy atom. The van der Waals surface area contributed by atoms with Crippen LogP contribution in [0.25, 0.3) is 11.8 Å². The lowest BCUT2D eigenvalue weighted by molar-refractivity contribution is -0.384. The zero-order valence-corrected chi connectivity index (χ0v) is 22.1. The standard InChI is InChI=1S/C26H22N4O5S2/c1-14-11-17(16(3)28(14)18-7-5-8-19(13-18)30(33)34)12-21-24(31)29-23(20-9-6-10-36-20)22(25(32)35-4)15(2)27-26(29)37-21/h5-13,23H,1-4H3. The maximum atomic E-state index is 13.7. The number of nitro benzene ring substituents is 1. The monoisotopic (exact) mass is 534 g/mol. The molecule has 1 aromatic carbocycles. The molecule has 0 aliphatic carbocycles. The molecule has 0 amide bonds. The van der Waals surface area contributed by atoms with Crippen molar-refractivity contribution in [2.75, 3.05) is 7.11 Å². The maximum Gasteiger partial charge on any atom is 0.338 e. The number of hydrogen-bond acceptors (Lipinski definition) is 8. The summed E-state index contributed by atoms with van der Waals surface area (Å²) in [4.78, 5) is 43.2. The highest BCUT2D eigenvalue weighted by molar-refractivity contribution is 7.10. The van der Waals surface area contributed by atoms with Gasteiger partial charge in [0.15, 0.2) is 4.80 Å². The SMILES string of the molecule is COC(=O)C1=C(C)N=c2sc(=Cc3cc(C)n(-c4cccc([N+](=O)[O-])c4)c3C)c(=O)n2C1c1cccs1. The number of non-ortho nitro benzene ring substituents is 1. The minimum absolute atomic E-state index is 0.00483. The molecule has 1 unspecified atom stereocenters. The topological polar surface area (TPSA) is 109 Å². The van der Waals surface area contributed by atoms with Gasteiger partial charge in [-0.25, -0.2) is 9.79 Å². The number of hydrogen-bond donors (Lipinski definition) is 0. The van der Waals surface area contributed by atoms with E-state index >= 15 is 0 Å². The molecule has 0 N–H and O–H groups in total. The molecule has 0 radical (unpaired) electrons. The van der Waals surface area contributed by atoms with Gasteiger partial charge in [0.1, 0.15) is 6.04 Å². The fourth-order valence-corrected chi connectivity index (χ4v) is 6.49. The van der Waals surface area contributed by atoms with Gasteiger partial charge in [0.2, 0.25) is 0 Å². The predicted octanol–water partition coefficient (Wildman–Crippen LogP) is 3.79. The van der Waals surface area contributed by atoms with Gasteiger partial charge in [-0.2, -0.15) is 0 Å². The number of allylic oxidation sites excluding steroid dienone is 1. The average molecular weight is 535 g/mol. The zero-order chi connectivity index (χ0) is 26.4. The third-order valence-corrected chi connectivity index (χ3v) is 8.20. The van der Waals surface area contributed by atoms with Crippen molar-refractivity contribution in [1.82, 2.24) is 9.13 Å². The normalized spacial score (nSPS) is 15.5. The summed E-state index contributed by atoms with van der Waals surface area (Å²) in [5.74, 6) is -0.519. The van der Waals surface area contributed by atoms with Gasteiger partial charge in [0.25, 0.3) is 11.2 Å². The Labute approximate surface area is 219 Å². The first kappa shape index (κ1) is 24.6. The van der Waals surface area contributed by atoms with Gasteiger partial charge in [-0.05, 0) is 56.0 Å². The molecular weight excluding hydrogens is 512 g/mol. The van der Waals surface area contributed by atoms with Crippen molar-refractivity contribution in [2.24, 2.45) is 4.99 Å². The molecule has 188 valence electrons. The molecule has 5 rings (SSSR count). The van der Waals surface area contributed by atoms with Gasteiger partial charge >= 0.3 is 5.97 Å². The quantitative estimate of drug-likeness (QED) is 0.220. The number of benzene rings is 1. The van der Waals surface area contributed by atoms with Crippen LogP contribution in [0.15, 0.2) is 68.9 Å². The fourth-order valence-electron chi connectivity index (χ4n) is 4.63. The van der Waals surface area contributed by atoms with Crippen molar-refractivity contribution in [3.63, 3.8) is 0 Å². The first-order chi connectivity index (χ1) is 17.7. The molecule has 0 saturated carbocycles. The van der Waals surface area contributed by atoms with E-state index in [0.717, 1.165) is 21.8 Å². The largest absolute Gasteiger partial charge is 0.466 e. The van der Waals surface area contributed by atoms with Crippen LogP contribution in [0.4, 0.5) is 5.69 Å². The van der Waals surface area contributed by atoms with Gasteiger partial charge < -0.3 is 9.30 Å². The average Bonchev–Trinajstić information content (AvgIpc) is 3.57. The van der Waals surface area contributed by atoms with E-state index in [1.54, 1.807) is 17.6 Å². The van der Waals surface area contributed by atoms with Crippen LogP contribution in [-0.4, -0.2) is 27.1 Å². The summed E-state index contributed by atoms with van der Waals surface area (Å²) in [5, 5.41) is 13.2. The molecule has 37 heavy (non-hydrogen) atoms. The summed E-state index contributed by atoms with van der Waals surface area (Å²) >= 11 is 2.71. The van der Waals surface area contributed by atoms with Crippen molar-refractivity contribution in [3.8, 4) is 5.69 Å². The van der Waals surface area contributed by atoms with Gasteiger partial charge in [-0.1, -0.05) is 23.5 Å². The molecule has 1 aliphatic heterocycles. The van der Waals surface area contributed by atoms with Crippen molar-refractivity contribution < 1.29 is 14.5 Å². The van der Waals surface area contributed by atoms with Gasteiger partial charge in [-0.3, -0.25) is 19.5 Å². The summed E-state index contributed by atoms with van der Waals surface area (Å²) in [6.07, 6.45) is 1.81. The van der Waals surface area contributed by atoms with Crippen molar-refractivity contribution in [3.05, 3.63) is 111 Å². The second-order valence-electron chi connectivity index (χ2n) is 8.53. The van der Waals surface area contributed by atoms with E-state index in [1.165, 1.54) is 41.9 Å². The number of esters is 1. The fraction of sp³-hybridized carbons (Fsp3) is 0.192. The lowest BCUT2D eigenvalue weighted by Gasteiger charge is -2.22. The van der Waals surface area contributed by atoms with Crippen LogP contribution >= 0.6 is 22.7 Å². The number of ether oxygens (including phenoxy) is 1. The summed E-state index contributed by atoms with van der Waals surface area (Å²) < 4.78 is 8.97. The van der Waals surface area contributed by atoms with Gasteiger partial charge in [0.05, 0.1) is 33.5 Å². The molecule has 0 bridgehead atoms. The Bertz CT molecular complexity index is 1770. The van der Waals surface area contributed by atoms with Crippen LogP contribution in [0.2, 0.25) is 0 Å². The summed E-state index contributed by atoms with van der Waals surface area (Å²) in [7, 11) is 1.32. The third kappa shape index (κ3) is 4.15. The lowest BCUT2D eigenvalue weighted by Crippen LogP contribution is -2.39. The van der Waals surface area contributed by atoms with Crippen LogP contribution in [0, 0.1) is 24.0 Å². The van der Waals surface area contributed by atoms with Gasteiger partial charge in [-0.15, -0.1) is 11.3 Å². The van der Waals surface area contributed by atoms with E-state index < -0.39 is 16.9 Å². The number of fused-ring (bicyclic) bond motifs is 1. The van der Waals surface area contributed by atoms with E-state index in [2.05, 4.69) is 4.99 Å². The second-order valence-corrected chi connectivity index (χ2v) is 10.5. The first-order valence-electron chi connectivity index (χ1n) is 11.3. The van der Waals surface area contributed by atoms with Crippen LogP contribution in [-0.2, 0) is 9.53 Å². The molecule has 0 saturated heterocycles. The van der Waals surface area contributed by atoms with E-state index in [0.29, 0.717) is 26.3 Å². The minimum Gasteiger partial charge on any atom is -0.466 e. The predicted molar refractivity (Wildman–Crippen MR) is 142 cm³/mol. The molecule has 0 spiro atoms. The Morgan fingerprint density at radius 2 is 1.97 bits per heavy atom. The molecule has 1 atom stereocenters. The molecule has 9 nitrogen and oxygen atoms in total. The number of thiophene rings is 1. The molecule has 4 heterocycles. The van der Waals surface area contributed by atoms with Crippen molar-refractivity contribution in [2.45, 2.75) is 26.8 Å². The molecule has 1 aliphatic rings. The Hall–Kier alpha value is -4.09. The number of methoxy groups -OCH3 is 1. The molecular formula is C26H22N4O5S2. The number of aryl methyl sites for hydroxylation is 1. The summed E-state index contributed by atoms with van der Waals surface area (Å²) in [6.45, 7) is 5.56. The Balaban J connectivity index is 1.67. The van der Waals surface area contributed by atoms with E-state index in [9.17, 15) is 19.7 Å². The number of rotatable bonds is 5. The highest BCUT2D eigenvalue weighted by atomic mass is 32.1. The third-order valence-electron chi connectivity index (χ3n) is 6.30. The molecule has 11 heteroatoms. The number of nitro groups is 1. The van der Waals surface area contributed by atoms with E-state index in [-0.39, 0.29) is 11.2 Å². The maximum absolute atomic E-state index is 13.7. The number of aromatic nitrogens is 2. The highest BCUT2D eigenvalue weighted by Gasteiger charge is 2.33. The number of carbonyl (C=O) groups is 1.